The van der Waals surface area contributed by atoms with Gasteiger partial charge in [-0.1, -0.05) is 0 Å². The number of rotatable bonds is 3. The summed E-state index contributed by atoms with van der Waals surface area (Å²) in [6.07, 6.45) is 0.968. The highest BCUT2D eigenvalue weighted by Gasteiger charge is 2.09. The van der Waals surface area contributed by atoms with Crippen molar-refractivity contribution in [2.24, 2.45) is 0 Å². The van der Waals surface area contributed by atoms with Crippen molar-refractivity contribution < 1.29 is 23.5 Å². The first-order valence-corrected chi connectivity index (χ1v) is 4.57. The molecule has 6 heteroatoms. The van der Waals surface area contributed by atoms with E-state index in [1.807, 2.05) is 5.32 Å². The first-order valence-electron chi connectivity index (χ1n) is 4.57. The molecule has 0 aromatic heterocycles. The van der Waals surface area contributed by atoms with Gasteiger partial charge in [0, 0.05) is 13.0 Å². The molecule has 1 aromatic rings. The molecule has 0 atom stereocenters. The molecule has 0 saturated carbocycles. The molecular formula is C11H9F2NO3. The van der Waals surface area contributed by atoms with E-state index in [0.29, 0.717) is 6.07 Å². The van der Waals surface area contributed by atoms with Gasteiger partial charge in [0.1, 0.15) is 17.3 Å². The maximum atomic E-state index is 12.8. The summed E-state index contributed by atoms with van der Waals surface area (Å²) in [7, 11) is 0. The molecule has 1 amide bonds. The predicted molar refractivity (Wildman–Crippen MR) is 55.8 cm³/mol. The molecule has 90 valence electrons. The van der Waals surface area contributed by atoms with Gasteiger partial charge in [-0.2, -0.15) is 0 Å². The molecule has 0 aliphatic carbocycles. The van der Waals surface area contributed by atoms with E-state index < -0.39 is 29.2 Å². The highest BCUT2D eigenvalue weighted by Crippen LogP contribution is 2.11. The fraction of sp³-hybridized carbons (Fsp3) is 0.0909. The van der Waals surface area contributed by atoms with Crippen LogP contribution < -0.4 is 5.32 Å². The van der Waals surface area contributed by atoms with E-state index in [-0.39, 0.29) is 5.56 Å². The Bertz CT molecular complexity index is 477. The molecule has 0 fully saturated rings. The third-order valence-corrected chi connectivity index (χ3v) is 1.74. The van der Waals surface area contributed by atoms with Crippen molar-refractivity contribution >= 4 is 18.0 Å². The highest BCUT2D eigenvalue weighted by atomic mass is 19.1. The summed E-state index contributed by atoms with van der Waals surface area (Å²) in [5, 5.41) is 10.8. The molecule has 1 aromatic carbocycles. The van der Waals surface area contributed by atoms with E-state index in [1.54, 1.807) is 0 Å². The summed E-state index contributed by atoms with van der Waals surface area (Å²) in [5.41, 5.74) is -0.448. The summed E-state index contributed by atoms with van der Waals surface area (Å²) in [5.74, 6) is -3.65. The lowest BCUT2D eigenvalue weighted by Gasteiger charge is -2.03. The Morgan fingerprint density at radius 3 is 2.18 bits per heavy atom. The van der Waals surface area contributed by atoms with Crippen molar-refractivity contribution in [3.63, 3.8) is 0 Å². The number of hydrogen-bond donors (Lipinski definition) is 2. The quantitative estimate of drug-likeness (QED) is 0.788. The second-order valence-corrected chi connectivity index (χ2v) is 3.25. The zero-order valence-corrected chi connectivity index (χ0v) is 8.83. The Balaban J connectivity index is 3.12. The van der Waals surface area contributed by atoms with Gasteiger partial charge in [0.2, 0.25) is 5.91 Å². The summed E-state index contributed by atoms with van der Waals surface area (Å²) < 4.78 is 25.7. The van der Waals surface area contributed by atoms with Crippen LogP contribution in [0.25, 0.3) is 6.08 Å². The van der Waals surface area contributed by atoms with E-state index in [2.05, 4.69) is 0 Å². The number of hydrogen-bond acceptors (Lipinski definition) is 2. The van der Waals surface area contributed by atoms with Crippen molar-refractivity contribution in [1.82, 2.24) is 5.32 Å². The fourth-order valence-electron chi connectivity index (χ4n) is 1.17. The van der Waals surface area contributed by atoms with Gasteiger partial charge in [-0.25, -0.2) is 13.6 Å². The maximum absolute atomic E-state index is 12.8. The Morgan fingerprint density at radius 1 is 1.24 bits per heavy atom. The van der Waals surface area contributed by atoms with Crippen molar-refractivity contribution in [1.29, 1.82) is 0 Å². The number of carbonyl (C=O) groups is 2. The lowest BCUT2D eigenvalue weighted by atomic mass is 10.2. The van der Waals surface area contributed by atoms with Gasteiger partial charge < -0.3 is 10.4 Å². The average molecular weight is 241 g/mol. The van der Waals surface area contributed by atoms with Crippen LogP contribution in [0.5, 0.6) is 0 Å². The van der Waals surface area contributed by atoms with Crippen molar-refractivity contribution in [3.05, 3.63) is 41.1 Å². The minimum absolute atomic E-state index is 0.00801. The number of amides is 1. The molecular weight excluding hydrogens is 232 g/mol. The number of benzene rings is 1. The minimum atomic E-state index is -1.40. The van der Waals surface area contributed by atoms with Crippen molar-refractivity contribution in [2.75, 3.05) is 0 Å². The van der Waals surface area contributed by atoms with Gasteiger partial charge in [0.05, 0.1) is 0 Å². The smallest absolute Gasteiger partial charge is 0.352 e. The SMILES string of the molecule is CC(=O)N/C(=C\c1cc(F)cc(F)c1)C(=O)O. The molecule has 0 saturated heterocycles. The van der Waals surface area contributed by atoms with Gasteiger partial charge in [-0.15, -0.1) is 0 Å². The fourth-order valence-corrected chi connectivity index (χ4v) is 1.17. The lowest BCUT2D eigenvalue weighted by molar-refractivity contribution is -0.134. The monoisotopic (exact) mass is 241 g/mol. The van der Waals surface area contributed by atoms with E-state index in [0.717, 1.165) is 25.1 Å². The van der Waals surface area contributed by atoms with E-state index >= 15 is 0 Å². The maximum Gasteiger partial charge on any atom is 0.352 e. The number of aliphatic carboxylic acids is 1. The second-order valence-electron chi connectivity index (χ2n) is 3.25. The van der Waals surface area contributed by atoms with Crippen molar-refractivity contribution in [2.45, 2.75) is 6.92 Å². The van der Waals surface area contributed by atoms with Gasteiger partial charge in [0.15, 0.2) is 0 Å². The Hall–Kier alpha value is -2.24. The molecule has 0 spiro atoms. The third-order valence-electron chi connectivity index (χ3n) is 1.74. The second kappa shape index (κ2) is 5.20. The van der Waals surface area contributed by atoms with Gasteiger partial charge in [0.25, 0.3) is 0 Å². The van der Waals surface area contributed by atoms with E-state index in [9.17, 15) is 18.4 Å². The number of carboxylic acids is 1. The summed E-state index contributed by atoms with van der Waals surface area (Å²) in [6.45, 7) is 1.13. The molecule has 2 N–H and O–H groups in total. The van der Waals surface area contributed by atoms with Gasteiger partial charge in [-0.3, -0.25) is 4.79 Å². The Labute approximate surface area is 95.6 Å². The molecule has 0 unspecified atom stereocenters. The molecule has 1 rings (SSSR count). The minimum Gasteiger partial charge on any atom is -0.477 e. The van der Waals surface area contributed by atoms with Crippen LogP contribution in [-0.2, 0) is 9.59 Å². The van der Waals surface area contributed by atoms with Crippen LogP contribution in [0.3, 0.4) is 0 Å². The van der Waals surface area contributed by atoms with Crippen LogP contribution >= 0.6 is 0 Å². The van der Waals surface area contributed by atoms with Crippen LogP contribution in [0.1, 0.15) is 12.5 Å². The third kappa shape index (κ3) is 4.02. The van der Waals surface area contributed by atoms with Gasteiger partial charge in [-0.05, 0) is 23.8 Å². The van der Waals surface area contributed by atoms with Gasteiger partial charge >= 0.3 is 5.97 Å². The molecule has 0 heterocycles. The van der Waals surface area contributed by atoms with Crippen LogP contribution in [0.2, 0.25) is 0 Å². The number of carboxylic acid groups (broad SMARTS) is 1. The lowest BCUT2D eigenvalue weighted by Crippen LogP contribution is -2.24. The van der Waals surface area contributed by atoms with Crippen LogP contribution in [0.15, 0.2) is 23.9 Å². The Kier molecular flexibility index (Phi) is 3.92. The zero-order chi connectivity index (χ0) is 13.0. The summed E-state index contributed by atoms with van der Waals surface area (Å²) >= 11 is 0. The Morgan fingerprint density at radius 2 is 1.76 bits per heavy atom. The topological polar surface area (TPSA) is 66.4 Å². The molecule has 4 nitrogen and oxygen atoms in total. The molecule has 0 radical (unpaired) electrons. The summed E-state index contributed by atoms with van der Waals surface area (Å²) in [6, 6.07) is 2.57. The first kappa shape index (κ1) is 12.8. The predicted octanol–water partition coefficient (Wildman–Crippen LogP) is 1.53. The van der Waals surface area contributed by atoms with Crippen LogP contribution in [-0.4, -0.2) is 17.0 Å². The van der Waals surface area contributed by atoms with Crippen LogP contribution in [0, 0.1) is 11.6 Å². The summed E-state index contributed by atoms with van der Waals surface area (Å²) in [4.78, 5) is 21.5. The normalized spacial score (nSPS) is 11.1. The molecule has 0 aliphatic rings. The van der Waals surface area contributed by atoms with Crippen LogP contribution in [0.4, 0.5) is 8.78 Å². The average Bonchev–Trinajstić information content (AvgIpc) is 2.13. The van der Waals surface area contributed by atoms with E-state index in [1.165, 1.54) is 0 Å². The standard InChI is InChI=1S/C11H9F2NO3/c1-6(15)14-10(11(16)17)4-7-2-8(12)5-9(13)3-7/h2-5H,1H3,(H,14,15)(H,16,17)/b10-4-. The number of halogens is 2. The zero-order valence-electron chi connectivity index (χ0n) is 8.83. The highest BCUT2D eigenvalue weighted by molar-refractivity contribution is 5.96. The molecule has 0 aliphatic heterocycles. The first-order chi connectivity index (χ1) is 7.88. The van der Waals surface area contributed by atoms with Crippen molar-refractivity contribution in [3.8, 4) is 0 Å². The largest absolute Gasteiger partial charge is 0.477 e. The van der Waals surface area contributed by atoms with E-state index in [4.69, 9.17) is 5.11 Å². The molecule has 0 bridgehead atoms. The number of carbonyl (C=O) groups excluding carboxylic acids is 1. The molecule has 17 heavy (non-hydrogen) atoms. The number of nitrogens with one attached hydrogen (secondary N) is 1.